The van der Waals surface area contributed by atoms with Crippen LogP contribution in [0.15, 0.2) is 58.0 Å². The average molecular weight is 407 g/mol. The molecule has 156 valence electrons. The van der Waals surface area contributed by atoms with Gasteiger partial charge in [0.2, 0.25) is 5.91 Å². The first-order valence-corrected chi connectivity index (χ1v) is 10.1. The van der Waals surface area contributed by atoms with Gasteiger partial charge in [-0.1, -0.05) is 12.8 Å². The van der Waals surface area contributed by atoms with Crippen LogP contribution in [-0.2, 0) is 4.79 Å². The second-order valence-corrected chi connectivity index (χ2v) is 7.17. The number of benzene rings is 1. The largest absolute Gasteiger partial charge is 0.423 e. The highest BCUT2D eigenvalue weighted by Gasteiger charge is 2.07. The Bertz CT molecular complexity index is 1080. The molecule has 0 aliphatic heterocycles. The fourth-order valence-electron chi connectivity index (χ4n) is 3.19. The molecule has 7 nitrogen and oxygen atoms in total. The van der Waals surface area contributed by atoms with E-state index in [9.17, 15) is 14.4 Å². The number of amides is 2. The van der Waals surface area contributed by atoms with E-state index in [-0.39, 0.29) is 11.8 Å². The molecule has 0 radical (unpaired) electrons. The summed E-state index contributed by atoms with van der Waals surface area (Å²) in [6.07, 6.45) is 7.05. The summed E-state index contributed by atoms with van der Waals surface area (Å²) in [5, 5.41) is 6.56. The van der Waals surface area contributed by atoms with E-state index >= 15 is 0 Å². The summed E-state index contributed by atoms with van der Waals surface area (Å²) in [7, 11) is 0. The van der Waals surface area contributed by atoms with Crippen molar-refractivity contribution in [3.05, 3.63) is 70.3 Å². The van der Waals surface area contributed by atoms with Gasteiger partial charge in [0, 0.05) is 48.6 Å². The first-order chi connectivity index (χ1) is 14.5. The lowest BCUT2D eigenvalue weighted by molar-refractivity contribution is -0.116. The van der Waals surface area contributed by atoms with Crippen LogP contribution in [0.25, 0.3) is 11.0 Å². The summed E-state index contributed by atoms with van der Waals surface area (Å²) >= 11 is 0. The number of nitrogens with zero attached hydrogens (tertiary/aromatic N) is 1. The molecular weight excluding hydrogens is 382 g/mol. The number of rotatable bonds is 9. The summed E-state index contributed by atoms with van der Waals surface area (Å²) in [6, 6.07) is 10.2. The summed E-state index contributed by atoms with van der Waals surface area (Å²) in [5.74, 6) is -0.196. The van der Waals surface area contributed by atoms with E-state index in [1.807, 2.05) is 13.0 Å². The van der Waals surface area contributed by atoms with Crippen LogP contribution in [0.5, 0.6) is 0 Å². The maximum Gasteiger partial charge on any atom is 0.336 e. The SMILES string of the molecule is Cc1cc(=O)oc2cc(NC(=O)CCCCCCNC(=O)c3cccnc3)ccc12. The van der Waals surface area contributed by atoms with Crippen molar-refractivity contribution in [1.29, 1.82) is 0 Å². The summed E-state index contributed by atoms with van der Waals surface area (Å²) in [6.45, 7) is 2.45. The van der Waals surface area contributed by atoms with Crippen LogP contribution in [0, 0.1) is 6.92 Å². The fourth-order valence-corrected chi connectivity index (χ4v) is 3.19. The topological polar surface area (TPSA) is 101 Å². The van der Waals surface area contributed by atoms with Crippen molar-refractivity contribution in [3.63, 3.8) is 0 Å². The number of aryl methyl sites for hydroxylation is 1. The van der Waals surface area contributed by atoms with Crippen LogP contribution < -0.4 is 16.3 Å². The molecule has 0 spiro atoms. The second kappa shape index (κ2) is 10.3. The number of carbonyl (C=O) groups is 2. The molecule has 2 heterocycles. The summed E-state index contributed by atoms with van der Waals surface area (Å²) in [5.41, 5.74) is 2.07. The Morgan fingerprint density at radius 2 is 1.90 bits per heavy atom. The third kappa shape index (κ3) is 6.01. The third-order valence-electron chi connectivity index (χ3n) is 4.78. The zero-order chi connectivity index (χ0) is 21.3. The number of carbonyl (C=O) groups excluding carboxylic acids is 2. The number of pyridine rings is 1. The van der Waals surface area contributed by atoms with E-state index in [2.05, 4.69) is 15.6 Å². The molecule has 0 aliphatic carbocycles. The Morgan fingerprint density at radius 1 is 1.07 bits per heavy atom. The summed E-state index contributed by atoms with van der Waals surface area (Å²) in [4.78, 5) is 39.5. The van der Waals surface area contributed by atoms with Gasteiger partial charge >= 0.3 is 5.63 Å². The van der Waals surface area contributed by atoms with Crippen molar-refractivity contribution in [2.75, 3.05) is 11.9 Å². The monoisotopic (exact) mass is 407 g/mol. The van der Waals surface area contributed by atoms with E-state index in [0.29, 0.717) is 29.8 Å². The molecule has 3 aromatic rings. The minimum Gasteiger partial charge on any atom is -0.423 e. The van der Waals surface area contributed by atoms with Gasteiger partial charge < -0.3 is 15.1 Å². The summed E-state index contributed by atoms with van der Waals surface area (Å²) < 4.78 is 5.21. The minimum absolute atomic E-state index is 0.0748. The molecule has 1 aromatic carbocycles. The lowest BCUT2D eigenvalue weighted by atomic mass is 10.1. The van der Waals surface area contributed by atoms with E-state index < -0.39 is 5.63 Å². The lowest BCUT2D eigenvalue weighted by Gasteiger charge is -2.07. The van der Waals surface area contributed by atoms with Gasteiger partial charge in [0.15, 0.2) is 0 Å². The van der Waals surface area contributed by atoms with Crippen LogP contribution in [0.4, 0.5) is 5.69 Å². The van der Waals surface area contributed by atoms with Crippen molar-refractivity contribution in [2.24, 2.45) is 0 Å². The molecule has 0 bridgehead atoms. The molecule has 3 rings (SSSR count). The number of unbranched alkanes of at least 4 members (excludes halogenated alkanes) is 3. The number of fused-ring (bicyclic) bond motifs is 1. The maximum atomic E-state index is 12.2. The minimum atomic E-state index is -0.403. The number of nitrogens with one attached hydrogen (secondary N) is 2. The van der Waals surface area contributed by atoms with Crippen molar-refractivity contribution in [3.8, 4) is 0 Å². The molecule has 0 aliphatic rings. The van der Waals surface area contributed by atoms with E-state index in [1.165, 1.54) is 6.07 Å². The molecule has 2 amide bonds. The van der Waals surface area contributed by atoms with Crippen LogP contribution in [0.3, 0.4) is 0 Å². The van der Waals surface area contributed by atoms with Gasteiger partial charge in [0.1, 0.15) is 5.58 Å². The van der Waals surface area contributed by atoms with Gasteiger partial charge in [-0.15, -0.1) is 0 Å². The first-order valence-electron chi connectivity index (χ1n) is 10.1. The van der Waals surface area contributed by atoms with Gasteiger partial charge in [-0.05, 0) is 49.6 Å². The normalized spacial score (nSPS) is 10.7. The number of aromatic nitrogens is 1. The Balaban J connectivity index is 1.34. The molecule has 2 N–H and O–H groups in total. The van der Waals surface area contributed by atoms with Gasteiger partial charge in [0.05, 0.1) is 5.56 Å². The molecule has 2 aromatic heterocycles. The second-order valence-electron chi connectivity index (χ2n) is 7.17. The Kier molecular flexibility index (Phi) is 7.32. The van der Waals surface area contributed by atoms with Crippen molar-refractivity contribution >= 4 is 28.5 Å². The first kappa shape index (κ1) is 21.2. The average Bonchev–Trinajstić information content (AvgIpc) is 2.73. The number of anilines is 1. The smallest absolute Gasteiger partial charge is 0.336 e. The predicted octanol–water partition coefficient (Wildman–Crippen LogP) is 3.82. The Labute approximate surface area is 174 Å². The molecule has 0 fully saturated rings. The number of hydrogen-bond acceptors (Lipinski definition) is 5. The Hall–Kier alpha value is -3.48. The quantitative estimate of drug-likeness (QED) is 0.415. The third-order valence-corrected chi connectivity index (χ3v) is 4.78. The van der Waals surface area contributed by atoms with E-state index in [0.717, 1.165) is 36.6 Å². The van der Waals surface area contributed by atoms with Crippen molar-refractivity contribution in [1.82, 2.24) is 10.3 Å². The van der Waals surface area contributed by atoms with Crippen LogP contribution >= 0.6 is 0 Å². The van der Waals surface area contributed by atoms with Gasteiger partial charge in [-0.3, -0.25) is 14.6 Å². The zero-order valence-corrected chi connectivity index (χ0v) is 16.9. The highest BCUT2D eigenvalue weighted by molar-refractivity contribution is 5.94. The predicted molar refractivity (Wildman–Crippen MR) is 116 cm³/mol. The van der Waals surface area contributed by atoms with Gasteiger partial charge in [-0.25, -0.2) is 4.79 Å². The molecule has 0 saturated carbocycles. The molecule has 0 saturated heterocycles. The maximum absolute atomic E-state index is 12.2. The van der Waals surface area contributed by atoms with E-state index in [1.54, 1.807) is 36.7 Å². The van der Waals surface area contributed by atoms with Gasteiger partial charge in [-0.2, -0.15) is 0 Å². The Morgan fingerprint density at radius 3 is 2.70 bits per heavy atom. The number of hydrogen-bond donors (Lipinski definition) is 2. The standard InChI is InChI=1S/C23H25N3O4/c1-16-13-22(28)30-20-14-18(9-10-19(16)20)26-21(27)8-4-2-3-5-12-25-23(29)17-7-6-11-24-15-17/h6-7,9-11,13-15H,2-5,8,12H2,1H3,(H,25,29)(H,26,27). The van der Waals surface area contributed by atoms with Gasteiger partial charge in [0.25, 0.3) is 5.91 Å². The van der Waals surface area contributed by atoms with E-state index in [4.69, 9.17) is 4.42 Å². The fraction of sp³-hybridized carbons (Fsp3) is 0.304. The highest BCUT2D eigenvalue weighted by atomic mass is 16.4. The molecular formula is C23H25N3O4. The highest BCUT2D eigenvalue weighted by Crippen LogP contribution is 2.21. The van der Waals surface area contributed by atoms with Crippen LogP contribution in [0.2, 0.25) is 0 Å². The molecule has 30 heavy (non-hydrogen) atoms. The van der Waals surface area contributed by atoms with Crippen molar-refractivity contribution < 1.29 is 14.0 Å². The molecule has 7 heteroatoms. The lowest BCUT2D eigenvalue weighted by Crippen LogP contribution is -2.24. The zero-order valence-electron chi connectivity index (χ0n) is 16.9. The molecule has 0 unspecified atom stereocenters. The van der Waals surface area contributed by atoms with Crippen LogP contribution in [0.1, 0.15) is 48.0 Å². The molecule has 0 atom stereocenters. The van der Waals surface area contributed by atoms with Crippen LogP contribution in [-0.4, -0.2) is 23.3 Å². The van der Waals surface area contributed by atoms with Crippen molar-refractivity contribution in [2.45, 2.75) is 39.0 Å².